The highest BCUT2D eigenvalue weighted by Gasteiger charge is 2.53. The van der Waals surface area contributed by atoms with E-state index in [0.717, 1.165) is 11.3 Å². The van der Waals surface area contributed by atoms with Crippen LogP contribution in [-0.4, -0.2) is 31.1 Å². The Balaban J connectivity index is 1.82. The van der Waals surface area contributed by atoms with Crippen molar-refractivity contribution >= 4 is 0 Å². The van der Waals surface area contributed by atoms with E-state index < -0.39 is 0 Å². The summed E-state index contributed by atoms with van der Waals surface area (Å²) in [6.45, 7) is 4.74. The number of hydrogen-bond acceptors (Lipinski definition) is 2. The Morgan fingerprint density at radius 1 is 1.46 bits per heavy atom. The van der Waals surface area contributed by atoms with Crippen LogP contribution >= 0.6 is 0 Å². The third-order valence-corrected chi connectivity index (χ3v) is 4.00. The van der Waals surface area contributed by atoms with Gasteiger partial charge in [0.15, 0.2) is 0 Å². The summed E-state index contributed by atoms with van der Waals surface area (Å²) in [5, 5.41) is 0. The fraction of sp³-hybridized carbons (Fsp3) is 1.00. The van der Waals surface area contributed by atoms with Crippen molar-refractivity contribution in [1.82, 2.24) is 4.90 Å². The topological polar surface area (TPSA) is 29.3 Å². The highest BCUT2D eigenvalue weighted by atomic mass is 15.1. The van der Waals surface area contributed by atoms with Gasteiger partial charge in [-0.3, -0.25) is 0 Å². The Bertz CT molecular complexity index is 181. The van der Waals surface area contributed by atoms with E-state index in [1.165, 1.54) is 38.8 Å². The van der Waals surface area contributed by atoms with Crippen molar-refractivity contribution in [2.45, 2.75) is 38.6 Å². The molecule has 2 fully saturated rings. The Labute approximate surface area is 81.5 Å². The molecule has 0 aromatic rings. The van der Waals surface area contributed by atoms with Gasteiger partial charge in [0.25, 0.3) is 0 Å². The number of nitrogens with zero attached hydrogens (tertiary/aromatic N) is 1. The minimum atomic E-state index is 0.407. The molecule has 0 aromatic carbocycles. The molecule has 0 radical (unpaired) electrons. The summed E-state index contributed by atoms with van der Waals surface area (Å²) in [7, 11) is 2.23. The smallest absolute Gasteiger partial charge is 0.00133 e. The van der Waals surface area contributed by atoms with Crippen molar-refractivity contribution in [1.29, 1.82) is 0 Å². The molecule has 13 heavy (non-hydrogen) atoms. The number of piperidine rings is 1. The fourth-order valence-corrected chi connectivity index (χ4v) is 2.89. The highest BCUT2D eigenvalue weighted by Crippen LogP contribution is 2.60. The molecule has 1 aliphatic heterocycles. The molecule has 1 spiro atoms. The van der Waals surface area contributed by atoms with Crippen molar-refractivity contribution < 1.29 is 0 Å². The maximum Gasteiger partial charge on any atom is 0.00133 e. The summed E-state index contributed by atoms with van der Waals surface area (Å²) in [5.41, 5.74) is 6.58. The molecule has 1 saturated carbocycles. The lowest BCUT2D eigenvalue weighted by Crippen LogP contribution is -2.32. The summed E-state index contributed by atoms with van der Waals surface area (Å²) >= 11 is 0. The highest BCUT2D eigenvalue weighted by molar-refractivity contribution is 5.04. The Morgan fingerprint density at radius 2 is 2.08 bits per heavy atom. The maximum absolute atomic E-state index is 5.84. The Morgan fingerprint density at radius 3 is 2.62 bits per heavy atom. The molecule has 76 valence electrons. The van der Waals surface area contributed by atoms with E-state index in [-0.39, 0.29) is 0 Å². The van der Waals surface area contributed by atoms with Crippen LogP contribution in [0.1, 0.15) is 32.6 Å². The van der Waals surface area contributed by atoms with Gasteiger partial charge in [-0.15, -0.1) is 0 Å². The first kappa shape index (κ1) is 9.47. The monoisotopic (exact) mass is 182 g/mol. The van der Waals surface area contributed by atoms with Gasteiger partial charge in [-0.25, -0.2) is 0 Å². The minimum absolute atomic E-state index is 0.407. The molecular weight excluding hydrogens is 160 g/mol. The SMILES string of the molecule is CC(N)CC1CC12CCN(C)CC2. The molecule has 2 unspecified atom stereocenters. The predicted molar refractivity (Wildman–Crippen MR) is 55.5 cm³/mol. The van der Waals surface area contributed by atoms with Crippen molar-refractivity contribution in [2.75, 3.05) is 20.1 Å². The number of rotatable bonds is 2. The standard InChI is InChI=1S/C11H22N2/c1-9(12)7-10-8-11(10)3-5-13(2)6-4-11/h9-10H,3-8,12H2,1-2H3. The van der Waals surface area contributed by atoms with Crippen LogP contribution in [0.2, 0.25) is 0 Å². The van der Waals surface area contributed by atoms with Gasteiger partial charge >= 0.3 is 0 Å². The zero-order valence-electron chi connectivity index (χ0n) is 8.92. The number of nitrogens with two attached hydrogens (primary N) is 1. The third kappa shape index (κ3) is 1.89. The molecule has 2 atom stereocenters. The lowest BCUT2D eigenvalue weighted by atomic mass is 9.89. The maximum atomic E-state index is 5.84. The van der Waals surface area contributed by atoms with E-state index in [9.17, 15) is 0 Å². The molecule has 1 aliphatic carbocycles. The summed E-state index contributed by atoms with van der Waals surface area (Å²) in [5.74, 6) is 0.959. The van der Waals surface area contributed by atoms with Crippen molar-refractivity contribution in [3.63, 3.8) is 0 Å². The summed E-state index contributed by atoms with van der Waals surface area (Å²) in [4.78, 5) is 2.45. The van der Waals surface area contributed by atoms with Gasteiger partial charge in [-0.2, -0.15) is 0 Å². The summed E-state index contributed by atoms with van der Waals surface area (Å²) in [6.07, 6.45) is 5.55. The second-order valence-corrected chi connectivity index (χ2v) is 5.28. The van der Waals surface area contributed by atoms with Crippen LogP contribution in [0, 0.1) is 11.3 Å². The number of likely N-dealkylation sites (tertiary alicyclic amines) is 1. The molecule has 2 N–H and O–H groups in total. The van der Waals surface area contributed by atoms with Gasteiger partial charge in [-0.1, -0.05) is 0 Å². The minimum Gasteiger partial charge on any atom is -0.328 e. The van der Waals surface area contributed by atoms with Crippen molar-refractivity contribution in [3.8, 4) is 0 Å². The first-order valence-electron chi connectivity index (χ1n) is 5.56. The molecule has 0 aromatic heterocycles. The van der Waals surface area contributed by atoms with Gasteiger partial charge in [0.1, 0.15) is 0 Å². The van der Waals surface area contributed by atoms with Crippen LogP contribution < -0.4 is 5.73 Å². The van der Waals surface area contributed by atoms with E-state index in [4.69, 9.17) is 5.73 Å². The third-order valence-electron chi connectivity index (χ3n) is 4.00. The van der Waals surface area contributed by atoms with E-state index in [0.29, 0.717) is 6.04 Å². The Hall–Kier alpha value is -0.0800. The van der Waals surface area contributed by atoms with Crippen LogP contribution in [0.3, 0.4) is 0 Å². The van der Waals surface area contributed by atoms with Crippen LogP contribution in [0.4, 0.5) is 0 Å². The molecular formula is C11H22N2. The molecule has 2 aliphatic rings. The van der Waals surface area contributed by atoms with Crippen LogP contribution in [0.5, 0.6) is 0 Å². The molecule has 0 amide bonds. The van der Waals surface area contributed by atoms with Gasteiger partial charge in [0, 0.05) is 6.04 Å². The molecule has 2 rings (SSSR count). The molecule has 0 bridgehead atoms. The van der Waals surface area contributed by atoms with E-state index in [1.54, 1.807) is 0 Å². The molecule has 2 nitrogen and oxygen atoms in total. The van der Waals surface area contributed by atoms with E-state index >= 15 is 0 Å². The second-order valence-electron chi connectivity index (χ2n) is 5.28. The lowest BCUT2D eigenvalue weighted by molar-refractivity contribution is 0.190. The van der Waals surface area contributed by atoms with Gasteiger partial charge < -0.3 is 10.6 Å². The fourth-order valence-electron chi connectivity index (χ4n) is 2.89. The second kappa shape index (κ2) is 3.25. The van der Waals surface area contributed by atoms with Gasteiger partial charge in [0.05, 0.1) is 0 Å². The average molecular weight is 182 g/mol. The van der Waals surface area contributed by atoms with Crippen LogP contribution in [0.15, 0.2) is 0 Å². The van der Waals surface area contributed by atoms with E-state index in [2.05, 4.69) is 18.9 Å². The first-order chi connectivity index (χ1) is 6.12. The van der Waals surface area contributed by atoms with E-state index in [1.807, 2.05) is 0 Å². The molecule has 2 heteroatoms. The summed E-state index contributed by atoms with van der Waals surface area (Å²) < 4.78 is 0. The van der Waals surface area contributed by atoms with Crippen molar-refractivity contribution in [2.24, 2.45) is 17.1 Å². The van der Waals surface area contributed by atoms with Gasteiger partial charge in [-0.05, 0) is 64.1 Å². The zero-order valence-corrected chi connectivity index (χ0v) is 8.92. The zero-order chi connectivity index (χ0) is 9.47. The lowest BCUT2D eigenvalue weighted by Gasteiger charge is -2.30. The quantitative estimate of drug-likeness (QED) is 0.700. The largest absolute Gasteiger partial charge is 0.328 e. The summed E-state index contributed by atoms with van der Waals surface area (Å²) in [6, 6.07) is 0.407. The van der Waals surface area contributed by atoms with Gasteiger partial charge in [0.2, 0.25) is 0 Å². The molecule has 1 heterocycles. The Kier molecular flexibility index (Phi) is 2.37. The average Bonchev–Trinajstić information content (AvgIpc) is 2.70. The first-order valence-corrected chi connectivity index (χ1v) is 5.56. The predicted octanol–water partition coefficient (Wildman–Crippen LogP) is 1.46. The van der Waals surface area contributed by atoms with Crippen LogP contribution in [0.25, 0.3) is 0 Å². The number of hydrogen-bond donors (Lipinski definition) is 1. The van der Waals surface area contributed by atoms with Crippen molar-refractivity contribution in [3.05, 3.63) is 0 Å². The molecule has 1 saturated heterocycles. The van der Waals surface area contributed by atoms with Crippen LogP contribution in [-0.2, 0) is 0 Å². The normalized spacial score (nSPS) is 34.8.